The quantitative estimate of drug-likeness (QED) is 0.734. The molecule has 0 unspecified atom stereocenters. The van der Waals surface area contributed by atoms with Crippen LogP contribution < -0.4 is 10.1 Å². The molecule has 1 aromatic carbocycles. The van der Waals surface area contributed by atoms with Crippen LogP contribution in [0.5, 0.6) is 5.75 Å². The molecule has 1 amide bonds. The minimum absolute atomic E-state index is 0.0642. The average molecular weight is 189 g/mol. The highest BCUT2D eigenvalue weighted by Crippen LogP contribution is 2.26. The van der Waals surface area contributed by atoms with Gasteiger partial charge in [-0.25, -0.2) is 0 Å². The fraction of sp³-hybridized carbons (Fsp3) is 0.182. The van der Waals surface area contributed by atoms with Crippen LogP contribution in [0.4, 0.5) is 5.69 Å². The Morgan fingerprint density at radius 1 is 1.50 bits per heavy atom. The maximum absolute atomic E-state index is 10.8. The number of carbonyl (C=O) groups excluding carboxylic acids is 1. The molecule has 0 aromatic heterocycles. The molecule has 14 heavy (non-hydrogen) atoms. The van der Waals surface area contributed by atoms with Crippen molar-refractivity contribution < 1.29 is 9.53 Å². The van der Waals surface area contributed by atoms with E-state index in [0.717, 1.165) is 17.0 Å². The molecule has 1 aliphatic rings. The molecule has 0 bridgehead atoms. The van der Waals surface area contributed by atoms with Gasteiger partial charge in [0.2, 0.25) is 5.91 Å². The van der Waals surface area contributed by atoms with E-state index in [1.807, 2.05) is 30.4 Å². The third kappa shape index (κ3) is 1.76. The zero-order chi connectivity index (χ0) is 9.97. The number of nitrogens with one attached hydrogen (secondary N) is 1. The number of rotatable bonds is 1. The Balaban J connectivity index is 2.30. The first kappa shape index (κ1) is 8.81. The SMILES string of the molecule is CC(=O)Nc1ccc2c(c1)C=CCO2. The molecule has 1 aliphatic heterocycles. The summed E-state index contributed by atoms with van der Waals surface area (Å²) in [6.07, 6.45) is 3.93. The van der Waals surface area contributed by atoms with Crippen molar-refractivity contribution in [3.63, 3.8) is 0 Å². The van der Waals surface area contributed by atoms with Crippen LogP contribution in [0.1, 0.15) is 12.5 Å². The van der Waals surface area contributed by atoms with E-state index in [1.165, 1.54) is 6.92 Å². The number of anilines is 1. The Labute approximate surface area is 82.4 Å². The monoisotopic (exact) mass is 189 g/mol. The van der Waals surface area contributed by atoms with Crippen molar-refractivity contribution in [2.75, 3.05) is 11.9 Å². The molecule has 3 nitrogen and oxygen atoms in total. The highest BCUT2D eigenvalue weighted by molar-refractivity contribution is 5.89. The van der Waals surface area contributed by atoms with Gasteiger partial charge >= 0.3 is 0 Å². The topological polar surface area (TPSA) is 38.3 Å². The van der Waals surface area contributed by atoms with Crippen molar-refractivity contribution in [3.8, 4) is 5.75 Å². The number of ether oxygens (including phenoxy) is 1. The molecule has 1 N–H and O–H groups in total. The predicted octanol–water partition coefficient (Wildman–Crippen LogP) is 2.05. The van der Waals surface area contributed by atoms with Crippen LogP contribution >= 0.6 is 0 Å². The second kappa shape index (κ2) is 3.54. The van der Waals surface area contributed by atoms with Gasteiger partial charge in [0.15, 0.2) is 0 Å². The lowest BCUT2D eigenvalue weighted by Gasteiger charge is -2.13. The molecule has 0 radical (unpaired) electrons. The summed E-state index contributed by atoms with van der Waals surface area (Å²) in [5.41, 5.74) is 1.80. The highest BCUT2D eigenvalue weighted by atomic mass is 16.5. The molecule has 1 aromatic rings. The predicted molar refractivity (Wildman–Crippen MR) is 55.3 cm³/mol. The lowest BCUT2D eigenvalue weighted by atomic mass is 10.1. The second-order valence-corrected chi connectivity index (χ2v) is 3.15. The van der Waals surface area contributed by atoms with Gasteiger partial charge < -0.3 is 10.1 Å². The Morgan fingerprint density at radius 2 is 2.36 bits per heavy atom. The van der Waals surface area contributed by atoms with Gasteiger partial charge in [0.25, 0.3) is 0 Å². The van der Waals surface area contributed by atoms with Crippen molar-refractivity contribution in [1.29, 1.82) is 0 Å². The van der Waals surface area contributed by atoms with Gasteiger partial charge in [-0.3, -0.25) is 4.79 Å². The van der Waals surface area contributed by atoms with Crippen LogP contribution in [0, 0.1) is 0 Å². The number of amides is 1. The van der Waals surface area contributed by atoms with Crippen LogP contribution in [-0.4, -0.2) is 12.5 Å². The van der Waals surface area contributed by atoms with Gasteiger partial charge in [0.05, 0.1) is 0 Å². The van der Waals surface area contributed by atoms with Gasteiger partial charge in [0, 0.05) is 18.2 Å². The van der Waals surface area contributed by atoms with E-state index in [1.54, 1.807) is 0 Å². The summed E-state index contributed by atoms with van der Waals surface area (Å²) in [5, 5.41) is 2.73. The average Bonchev–Trinajstić information content (AvgIpc) is 2.17. The Kier molecular flexibility index (Phi) is 2.23. The van der Waals surface area contributed by atoms with Crippen molar-refractivity contribution in [2.24, 2.45) is 0 Å². The maximum atomic E-state index is 10.8. The number of fused-ring (bicyclic) bond motifs is 1. The third-order valence-electron chi connectivity index (χ3n) is 1.96. The maximum Gasteiger partial charge on any atom is 0.221 e. The fourth-order valence-corrected chi connectivity index (χ4v) is 1.40. The summed E-state index contributed by atoms with van der Waals surface area (Å²) in [6.45, 7) is 2.11. The summed E-state index contributed by atoms with van der Waals surface area (Å²) < 4.78 is 5.38. The van der Waals surface area contributed by atoms with Crippen LogP contribution in [0.25, 0.3) is 6.08 Å². The summed E-state index contributed by atoms with van der Waals surface area (Å²) in [7, 11) is 0. The third-order valence-corrected chi connectivity index (χ3v) is 1.96. The molecule has 0 spiro atoms. The lowest BCUT2D eigenvalue weighted by molar-refractivity contribution is -0.114. The van der Waals surface area contributed by atoms with Crippen LogP contribution in [-0.2, 0) is 4.79 Å². The second-order valence-electron chi connectivity index (χ2n) is 3.15. The van der Waals surface area contributed by atoms with Gasteiger partial charge in [-0.15, -0.1) is 0 Å². The molecule has 0 saturated carbocycles. The first-order valence-electron chi connectivity index (χ1n) is 4.47. The Morgan fingerprint density at radius 3 is 3.14 bits per heavy atom. The zero-order valence-electron chi connectivity index (χ0n) is 7.91. The molecular formula is C11H11NO2. The van der Waals surface area contributed by atoms with E-state index < -0.39 is 0 Å². The minimum atomic E-state index is -0.0642. The number of hydrogen-bond donors (Lipinski definition) is 1. The standard InChI is InChI=1S/C11H11NO2/c1-8(13)12-10-4-5-11-9(7-10)3-2-6-14-11/h2-5,7H,6H2,1H3,(H,12,13). The molecular weight excluding hydrogens is 178 g/mol. The first-order valence-corrected chi connectivity index (χ1v) is 4.47. The van der Waals surface area contributed by atoms with E-state index >= 15 is 0 Å². The number of benzene rings is 1. The molecule has 3 heteroatoms. The van der Waals surface area contributed by atoms with E-state index in [0.29, 0.717) is 6.61 Å². The van der Waals surface area contributed by atoms with E-state index in [4.69, 9.17) is 4.74 Å². The molecule has 0 atom stereocenters. The fourth-order valence-electron chi connectivity index (χ4n) is 1.40. The number of hydrogen-bond acceptors (Lipinski definition) is 2. The Hall–Kier alpha value is -1.77. The zero-order valence-corrected chi connectivity index (χ0v) is 7.91. The minimum Gasteiger partial charge on any atom is -0.489 e. The van der Waals surface area contributed by atoms with Crippen molar-refractivity contribution >= 4 is 17.7 Å². The normalized spacial score (nSPS) is 12.9. The first-order chi connectivity index (χ1) is 6.75. The summed E-state index contributed by atoms with van der Waals surface area (Å²) in [6, 6.07) is 5.59. The van der Waals surface area contributed by atoms with Gasteiger partial charge in [0.1, 0.15) is 12.4 Å². The Bertz CT molecular complexity index is 396. The smallest absolute Gasteiger partial charge is 0.221 e. The molecule has 0 saturated heterocycles. The molecule has 0 fully saturated rings. The van der Waals surface area contributed by atoms with E-state index in [2.05, 4.69) is 5.32 Å². The summed E-state index contributed by atoms with van der Waals surface area (Å²) in [5.74, 6) is 0.798. The number of carbonyl (C=O) groups is 1. The van der Waals surface area contributed by atoms with Crippen molar-refractivity contribution in [2.45, 2.75) is 6.92 Å². The summed E-state index contributed by atoms with van der Waals surface area (Å²) in [4.78, 5) is 10.8. The van der Waals surface area contributed by atoms with E-state index in [9.17, 15) is 4.79 Å². The van der Waals surface area contributed by atoms with Gasteiger partial charge in [-0.2, -0.15) is 0 Å². The van der Waals surface area contributed by atoms with Crippen LogP contribution in [0.15, 0.2) is 24.3 Å². The van der Waals surface area contributed by atoms with E-state index in [-0.39, 0.29) is 5.91 Å². The highest BCUT2D eigenvalue weighted by Gasteiger charge is 2.06. The summed E-state index contributed by atoms with van der Waals surface area (Å²) >= 11 is 0. The molecule has 0 aliphatic carbocycles. The van der Waals surface area contributed by atoms with Crippen LogP contribution in [0.2, 0.25) is 0 Å². The van der Waals surface area contributed by atoms with Gasteiger partial charge in [-0.05, 0) is 24.3 Å². The molecule has 2 rings (SSSR count). The van der Waals surface area contributed by atoms with Crippen LogP contribution in [0.3, 0.4) is 0 Å². The van der Waals surface area contributed by atoms with Gasteiger partial charge in [-0.1, -0.05) is 6.08 Å². The molecule has 72 valence electrons. The van der Waals surface area contributed by atoms with Crippen molar-refractivity contribution in [3.05, 3.63) is 29.8 Å². The largest absolute Gasteiger partial charge is 0.489 e. The van der Waals surface area contributed by atoms with Crippen molar-refractivity contribution in [1.82, 2.24) is 0 Å². The lowest BCUT2D eigenvalue weighted by Crippen LogP contribution is -2.07. The molecule has 1 heterocycles.